The highest BCUT2D eigenvalue weighted by molar-refractivity contribution is 5.68. The third-order valence-electron chi connectivity index (χ3n) is 3.90. The normalized spacial score (nSPS) is 20.1. The van der Waals surface area contributed by atoms with Gasteiger partial charge in [0.2, 0.25) is 0 Å². The van der Waals surface area contributed by atoms with E-state index in [0.717, 1.165) is 45.4 Å². The van der Waals surface area contributed by atoms with E-state index in [1.807, 2.05) is 25.7 Å². The average molecular weight is 328 g/mol. The topological polar surface area (TPSA) is 50.8 Å². The third kappa shape index (κ3) is 8.56. The molecule has 1 aliphatic heterocycles. The zero-order chi connectivity index (χ0) is 17.5. The van der Waals surface area contributed by atoms with Crippen LogP contribution in [-0.4, -0.2) is 54.5 Å². The molecule has 5 nitrogen and oxygen atoms in total. The molecule has 5 heteroatoms. The summed E-state index contributed by atoms with van der Waals surface area (Å²) >= 11 is 0. The minimum atomic E-state index is -0.426. The maximum Gasteiger partial charge on any atom is 0.410 e. The fraction of sp³-hybridized carbons (Fsp3) is 0.944. The molecule has 2 atom stereocenters. The molecule has 0 bridgehead atoms. The Kier molecular flexibility index (Phi) is 8.34. The summed E-state index contributed by atoms with van der Waals surface area (Å²) in [5.41, 5.74) is -0.426. The second-order valence-electron chi connectivity index (χ2n) is 7.83. The lowest BCUT2D eigenvalue weighted by Crippen LogP contribution is -2.42. The summed E-state index contributed by atoms with van der Waals surface area (Å²) in [5, 5.41) is 3.53. The minimum absolute atomic E-state index is 0.169. The van der Waals surface area contributed by atoms with Gasteiger partial charge in [-0.3, -0.25) is 0 Å². The molecule has 1 amide bonds. The number of amides is 1. The third-order valence-corrected chi connectivity index (χ3v) is 3.90. The summed E-state index contributed by atoms with van der Waals surface area (Å²) in [7, 11) is 0. The second-order valence-corrected chi connectivity index (χ2v) is 7.83. The first-order chi connectivity index (χ1) is 10.7. The Morgan fingerprint density at radius 1 is 1.30 bits per heavy atom. The van der Waals surface area contributed by atoms with Crippen LogP contribution in [0.4, 0.5) is 4.79 Å². The van der Waals surface area contributed by atoms with Crippen LogP contribution in [0.25, 0.3) is 0 Å². The Balaban J connectivity index is 2.30. The molecule has 0 radical (unpaired) electrons. The molecule has 1 aliphatic rings. The largest absolute Gasteiger partial charge is 0.444 e. The van der Waals surface area contributed by atoms with E-state index >= 15 is 0 Å². The van der Waals surface area contributed by atoms with Gasteiger partial charge in [0.15, 0.2) is 0 Å². The number of carbonyl (C=O) groups is 1. The summed E-state index contributed by atoms with van der Waals surface area (Å²) in [6.07, 6.45) is 4.26. The quantitative estimate of drug-likeness (QED) is 0.692. The van der Waals surface area contributed by atoms with Gasteiger partial charge >= 0.3 is 6.09 Å². The fourth-order valence-electron chi connectivity index (χ4n) is 2.87. The molecule has 1 rings (SSSR count). The van der Waals surface area contributed by atoms with Crippen molar-refractivity contribution in [1.82, 2.24) is 10.2 Å². The molecule has 23 heavy (non-hydrogen) atoms. The van der Waals surface area contributed by atoms with E-state index in [4.69, 9.17) is 9.47 Å². The van der Waals surface area contributed by atoms with Crippen LogP contribution in [-0.2, 0) is 9.47 Å². The van der Waals surface area contributed by atoms with Crippen molar-refractivity contribution in [2.75, 3.05) is 19.7 Å². The van der Waals surface area contributed by atoms with Gasteiger partial charge < -0.3 is 19.7 Å². The van der Waals surface area contributed by atoms with Crippen LogP contribution in [0.2, 0.25) is 0 Å². The summed E-state index contributed by atoms with van der Waals surface area (Å²) in [6.45, 7) is 14.6. The molecule has 0 aromatic carbocycles. The first-order valence-electron chi connectivity index (χ1n) is 9.03. The number of hydrogen-bond donors (Lipinski definition) is 1. The number of likely N-dealkylation sites (tertiary alicyclic amines) is 1. The van der Waals surface area contributed by atoms with Gasteiger partial charge in [-0.2, -0.15) is 0 Å². The zero-order valence-electron chi connectivity index (χ0n) is 15.9. The Morgan fingerprint density at radius 2 is 2.00 bits per heavy atom. The lowest BCUT2D eigenvalue weighted by atomic mass is 10.1. The monoisotopic (exact) mass is 328 g/mol. The van der Waals surface area contributed by atoms with Gasteiger partial charge in [0.1, 0.15) is 5.60 Å². The molecule has 136 valence electrons. The Bertz CT molecular complexity index is 353. The molecular formula is C18H36N2O3. The van der Waals surface area contributed by atoms with E-state index < -0.39 is 5.60 Å². The molecule has 0 saturated carbocycles. The average Bonchev–Trinajstić information content (AvgIpc) is 2.84. The van der Waals surface area contributed by atoms with Crippen molar-refractivity contribution in [3.05, 3.63) is 0 Å². The maximum absolute atomic E-state index is 12.3. The standard InChI is InChI=1S/C18H36N2O3/c1-14(2)22-12-8-10-19-15(3)13-16-9-7-11-20(16)17(21)23-18(4,5)6/h14-16,19H,7-13H2,1-6H3. The van der Waals surface area contributed by atoms with Gasteiger partial charge in [0, 0.05) is 25.2 Å². The minimum Gasteiger partial charge on any atom is -0.444 e. The smallest absolute Gasteiger partial charge is 0.410 e. The van der Waals surface area contributed by atoms with E-state index in [9.17, 15) is 4.79 Å². The highest BCUT2D eigenvalue weighted by Gasteiger charge is 2.32. The van der Waals surface area contributed by atoms with Crippen LogP contribution in [0.15, 0.2) is 0 Å². The van der Waals surface area contributed by atoms with E-state index in [2.05, 4.69) is 26.1 Å². The van der Waals surface area contributed by atoms with Crippen molar-refractivity contribution in [3.63, 3.8) is 0 Å². The van der Waals surface area contributed by atoms with E-state index in [0.29, 0.717) is 18.2 Å². The van der Waals surface area contributed by atoms with Crippen LogP contribution in [0.5, 0.6) is 0 Å². The summed E-state index contributed by atoms with van der Waals surface area (Å²) < 4.78 is 11.1. The van der Waals surface area contributed by atoms with Crippen molar-refractivity contribution in [1.29, 1.82) is 0 Å². The highest BCUT2D eigenvalue weighted by atomic mass is 16.6. The number of nitrogens with one attached hydrogen (secondary N) is 1. The van der Waals surface area contributed by atoms with E-state index in [1.165, 1.54) is 0 Å². The molecule has 1 saturated heterocycles. The van der Waals surface area contributed by atoms with Crippen molar-refractivity contribution < 1.29 is 14.3 Å². The zero-order valence-corrected chi connectivity index (χ0v) is 15.9. The summed E-state index contributed by atoms with van der Waals surface area (Å²) in [4.78, 5) is 14.2. The van der Waals surface area contributed by atoms with Crippen LogP contribution in [0, 0.1) is 0 Å². The predicted molar refractivity (Wildman–Crippen MR) is 93.7 cm³/mol. The Hall–Kier alpha value is -0.810. The van der Waals surface area contributed by atoms with Gasteiger partial charge in [-0.05, 0) is 73.8 Å². The van der Waals surface area contributed by atoms with Crippen molar-refractivity contribution in [2.45, 2.75) is 91.0 Å². The maximum atomic E-state index is 12.3. The number of rotatable bonds is 8. The van der Waals surface area contributed by atoms with Crippen LogP contribution in [0.3, 0.4) is 0 Å². The lowest BCUT2D eigenvalue weighted by Gasteiger charge is -2.30. The highest BCUT2D eigenvalue weighted by Crippen LogP contribution is 2.24. The van der Waals surface area contributed by atoms with Gasteiger partial charge in [-0.25, -0.2) is 4.79 Å². The number of carbonyl (C=O) groups excluding carboxylic acids is 1. The van der Waals surface area contributed by atoms with Crippen LogP contribution in [0.1, 0.15) is 67.2 Å². The molecular weight excluding hydrogens is 292 g/mol. The number of hydrogen-bond acceptors (Lipinski definition) is 4. The molecule has 0 aromatic heterocycles. The van der Waals surface area contributed by atoms with Gasteiger partial charge in [-0.15, -0.1) is 0 Å². The summed E-state index contributed by atoms with van der Waals surface area (Å²) in [5.74, 6) is 0. The van der Waals surface area contributed by atoms with Crippen LogP contribution >= 0.6 is 0 Å². The lowest BCUT2D eigenvalue weighted by molar-refractivity contribution is 0.0214. The number of nitrogens with zero attached hydrogens (tertiary/aromatic N) is 1. The van der Waals surface area contributed by atoms with Gasteiger partial charge in [-0.1, -0.05) is 0 Å². The van der Waals surface area contributed by atoms with Crippen molar-refractivity contribution in [2.24, 2.45) is 0 Å². The van der Waals surface area contributed by atoms with E-state index in [1.54, 1.807) is 0 Å². The predicted octanol–water partition coefficient (Wildman–Crippen LogP) is 3.57. The molecule has 1 fully saturated rings. The molecule has 2 unspecified atom stereocenters. The number of ether oxygens (including phenoxy) is 2. The summed E-state index contributed by atoms with van der Waals surface area (Å²) in [6, 6.07) is 0.682. The first kappa shape index (κ1) is 20.2. The Labute approximate surface area is 142 Å². The molecule has 0 spiro atoms. The van der Waals surface area contributed by atoms with E-state index in [-0.39, 0.29) is 6.09 Å². The SMILES string of the molecule is CC(CC1CCCN1C(=O)OC(C)(C)C)NCCCOC(C)C. The van der Waals surface area contributed by atoms with Crippen molar-refractivity contribution in [3.8, 4) is 0 Å². The second kappa shape index (κ2) is 9.48. The van der Waals surface area contributed by atoms with Crippen molar-refractivity contribution >= 4 is 6.09 Å². The molecule has 0 aliphatic carbocycles. The fourth-order valence-corrected chi connectivity index (χ4v) is 2.87. The van der Waals surface area contributed by atoms with Crippen LogP contribution < -0.4 is 5.32 Å². The first-order valence-corrected chi connectivity index (χ1v) is 9.03. The van der Waals surface area contributed by atoms with Gasteiger partial charge in [0.25, 0.3) is 0 Å². The molecule has 1 N–H and O–H groups in total. The Morgan fingerprint density at radius 3 is 2.61 bits per heavy atom. The molecule has 1 heterocycles. The van der Waals surface area contributed by atoms with Gasteiger partial charge in [0.05, 0.1) is 6.10 Å². The molecule has 0 aromatic rings.